The molecule has 1 amide bonds. The summed E-state index contributed by atoms with van der Waals surface area (Å²) >= 11 is 0. The van der Waals surface area contributed by atoms with Crippen LogP contribution in [0.2, 0.25) is 0 Å². The Balaban J connectivity index is 1.67. The molecule has 27 heavy (non-hydrogen) atoms. The van der Waals surface area contributed by atoms with Crippen LogP contribution >= 0.6 is 0 Å². The second kappa shape index (κ2) is 7.26. The molecule has 1 unspecified atom stereocenters. The molecule has 0 aromatic carbocycles. The van der Waals surface area contributed by atoms with Crippen molar-refractivity contribution in [3.8, 4) is 5.82 Å². The third kappa shape index (κ3) is 3.72. The molecule has 1 fully saturated rings. The molecule has 3 aromatic heterocycles. The van der Waals surface area contributed by atoms with Crippen molar-refractivity contribution in [2.45, 2.75) is 32.7 Å². The Labute approximate surface area is 158 Å². The molecule has 1 aliphatic carbocycles. The maximum atomic E-state index is 13.3. The molecule has 0 aliphatic heterocycles. The third-order valence-corrected chi connectivity index (χ3v) is 4.82. The van der Waals surface area contributed by atoms with E-state index in [9.17, 15) is 4.79 Å². The smallest absolute Gasteiger partial charge is 0.256 e. The van der Waals surface area contributed by atoms with Crippen LogP contribution in [0.3, 0.4) is 0 Å². The zero-order chi connectivity index (χ0) is 18.8. The van der Waals surface area contributed by atoms with E-state index in [2.05, 4.69) is 20.1 Å². The molecule has 1 atom stereocenters. The lowest BCUT2D eigenvalue weighted by Crippen LogP contribution is -2.36. The lowest BCUT2D eigenvalue weighted by atomic mass is 10.1. The summed E-state index contributed by atoms with van der Waals surface area (Å²) in [6.45, 7) is 4.64. The predicted molar refractivity (Wildman–Crippen MR) is 100 cm³/mol. The molecule has 0 bridgehead atoms. The number of amides is 1. The van der Waals surface area contributed by atoms with E-state index in [1.807, 2.05) is 43.0 Å². The highest BCUT2D eigenvalue weighted by molar-refractivity contribution is 5.94. The van der Waals surface area contributed by atoms with Gasteiger partial charge in [-0.2, -0.15) is 9.78 Å². The lowest BCUT2D eigenvalue weighted by molar-refractivity contribution is 0.0670. The third-order valence-electron chi connectivity index (χ3n) is 4.82. The standard InChI is InChI=1S/C20H22N6O/c1-14-9-17(11-21-10-14)20(27)25(12-16-6-7-16)15(2)19-23-13-24-26(19)18-5-3-4-8-22-18/h3-5,8-11,13,15-16H,6-7,12H2,1-2H3. The van der Waals surface area contributed by atoms with Gasteiger partial charge < -0.3 is 4.90 Å². The van der Waals surface area contributed by atoms with Crippen LogP contribution in [-0.4, -0.2) is 42.1 Å². The molecule has 0 N–H and O–H groups in total. The summed E-state index contributed by atoms with van der Waals surface area (Å²) in [7, 11) is 0. The van der Waals surface area contributed by atoms with E-state index in [1.54, 1.807) is 23.3 Å². The molecular weight excluding hydrogens is 340 g/mol. The van der Waals surface area contributed by atoms with Crippen LogP contribution in [-0.2, 0) is 0 Å². The Bertz CT molecular complexity index is 934. The summed E-state index contributed by atoms with van der Waals surface area (Å²) in [5, 5.41) is 4.32. The minimum Gasteiger partial charge on any atom is -0.328 e. The van der Waals surface area contributed by atoms with Crippen LogP contribution < -0.4 is 0 Å². The summed E-state index contributed by atoms with van der Waals surface area (Å²) in [4.78, 5) is 28.1. The molecule has 7 heteroatoms. The Hall–Kier alpha value is -3.09. The van der Waals surface area contributed by atoms with Crippen LogP contribution in [0.25, 0.3) is 5.82 Å². The van der Waals surface area contributed by atoms with Crippen molar-refractivity contribution in [1.82, 2.24) is 29.6 Å². The summed E-state index contributed by atoms with van der Waals surface area (Å²) in [5.41, 5.74) is 1.57. The van der Waals surface area contributed by atoms with Gasteiger partial charge in [0, 0.05) is 25.1 Å². The zero-order valence-corrected chi connectivity index (χ0v) is 15.5. The van der Waals surface area contributed by atoms with Crippen LogP contribution in [0.5, 0.6) is 0 Å². The molecule has 0 radical (unpaired) electrons. The summed E-state index contributed by atoms with van der Waals surface area (Å²) in [6.07, 6.45) is 8.94. The van der Waals surface area contributed by atoms with Gasteiger partial charge in [-0.25, -0.2) is 9.97 Å². The van der Waals surface area contributed by atoms with Gasteiger partial charge in [0.1, 0.15) is 6.33 Å². The van der Waals surface area contributed by atoms with E-state index >= 15 is 0 Å². The minimum absolute atomic E-state index is 0.0267. The van der Waals surface area contributed by atoms with Gasteiger partial charge in [0.15, 0.2) is 11.6 Å². The fraction of sp³-hybridized carbons (Fsp3) is 0.350. The Kier molecular flexibility index (Phi) is 4.66. The number of carbonyl (C=O) groups excluding carboxylic acids is 1. The van der Waals surface area contributed by atoms with Gasteiger partial charge in [0.25, 0.3) is 5.91 Å². The zero-order valence-electron chi connectivity index (χ0n) is 15.5. The first-order valence-corrected chi connectivity index (χ1v) is 9.17. The number of nitrogens with zero attached hydrogens (tertiary/aromatic N) is 6. The molecule has 1 saturated carbocycles. The minimum atomic E-state index is -0.233. The van der Waals surface area contributed by atoms with Crippen molar-refractivity contribution in [2.24, 2.45) is 5.92 Å². The Morgan fingerprint density at radius 2 is 2.15 bits per heavy atom. The fourth-order valence-electron chi connectivity index (χ4n) is 3.16. The summed E-state index contributed by atoms with van der Waals surface area (Å²) in [5.74, 6) is 1.91. The second-order valence-electron chi connectivity index (χ2n) is 7.05. The van der Waals surface area contributed by atoms with Crippen molar-refractivity contribution < 1.29 is 4.79 Å². The van der Waals surface area contributed by atoms with E-state index in [1.165, 1.54) is 6.33 Å². The normalized spacial score (nSPS) is 14.7. The second-order valence-corrected chi connectivity index (χ2v) is 7.05. The fourth-order valence-corrected chi connectivity index (χ4v) is 3.16. The summed E-state index contributed by atoms with van der Waals surface area (Å²) < 4.78 is 1.70. The van der Waals surface area contributed by atoms with Crippen molar-refractivity contribution >= 4 is 5.91 Å². The molecule has 3 heterocycles. The van der Waals surface area contributed by atoms with Gasteiger partial charge in [-0.15, -0.1) is 0 Å². The molecule has 1 aliphatic rings. The van der Waals surface area contributed by atoms with Crippen molar-refractivity contribution in [1.29, 1.82) is 0 Å². The van der Waals surface area contributed by atoms with Crippen molar-refractivity contribution in [2.75, 3.05) is 6.54 Å². The molecular formula is C20H22N6O. The van der Waals surface area contributed by atoms with Crippen molar-refractivity contribution in [3.05, 3.63) is 66.1 Å². The SMILES string of the molecule is Cc1cncc(C(=O)N(CC2CC2)C(C)c2ncnn2-c2ccccn2)c1. The topological polar surface area (TPSA) is 76.8 Å². The van der Waals surface area contributed by atoms with Crippen LogP contribution in [0.1, 0.15) is 47.6 Å². The molecule has 0 saturated heterocycles. The first kappa shape index (κ1) is 17.3. The number of aryl methyl sites for hydroxylation is 1. The highest BCUT2D eigenvalue weighted by Gasteiger charge is 2.32. The lowest BCUT2D eigenvalue weighted by Gasteiger charge is -2.29. The van der Waals surface area contributed by atoms with Crippen LogP contribution in [0, 0.1) is 12.8 Å². The first-order chi connectivity index (χ1) is 13.1. The quantitative estimate of drug-likeness (QED) is 0.674. The molecule has 3 aromatic rings. The molecule has 138 valence electrons. The van der Waals surface area contributed by atoms with Gasteiger partial charge in [0.05, 0.1) is 11.6 Å². The van der Waals surface area contributed by atoms with Crippen LogP contribution in [0.4, 0.5) is 0 Å². The Morgan fingerprint density at radius 3 is 2.85 bits per heavy atom. The van der Waals surface area contributed by atoms with Gasteiger partial charge in [-0.05, 0) is 56.4 Å². The van der Waals surface area contributed by atoms with E-state index in [4.69, 9.17) is 0 Å². The number of aromatic nitrogens is 5. The number of hydrogen-bond donors (Lipinski definition) is 0. The number of rotatable bonds is 6. The van der Waals surface area contributed by atoms with Gasteiger partial charge in [-0.3, -0.25) is 9.78 Å². The maximum Gasteiger partial charge on any atom is 0.256 e. The molecule has 4 rings (SSSR count). The average Bonchev–Trinajstić information content (AvgIpc) is 3.38. The van der Waals surface area contributed by atoms with E-state index < -0.39 is 0 Å². The van der Waals surface area contributed by atoms with E-state index in [0.29, 0.717) is 29.7 Å². The van der Waals surface area contributed by atoms with Crippen molar-refractivity contribution in [3.63, 3.8) is 0 Å². The van der Waals surface area contributed by atoms with E-state index in [0.717, 1.165) is 18.4 Å². The highest BCUT2D eigenvalue weighted by atomic mass is 16.2. The Morgan fingerprint density at radius 1 is 1.30 bits per heavy atom. The predicted octanol–water partition coefficient (Wildman–Crippen LogP) is 2.98. The average molecular weight is 362 g/mol. The molecule has 0 spiro atoms. The van der Waals surface area contributed by atoms with E-state index in [-0.39, 0.29) is 11.9 Å². The largest absolute Gasteiger partial charge is 0.328 e. The maximum absolute atomic E-state index is 13.3. The molecule has 7 nitrogen and oxygen atoms in total. The van der Waals surface area contributed by atoms with Gasteiger partial charge >= 0.3 is 0 Å². The van der Waals surface area contributed by atoms with Crippen LogP contribution in [0.15, 0.2) is 49.2 Å². The first-order valence-electron chi connectivity index (χ1n) is 9.17. The van der Waals surface area contributed by atoms with Gasteiger partial charge in [-0.1, -0.05) is 6.07 Å². The number of carbonyl (C=O) groups is 1. The highest BCUT2D eigenvalue weighted by Crippen LogP contribution is 2.33. The summed E-state index contributed by atoms with van der Waals surface area (Å²) in [6, 6.07) is 7.29. The monoisotopic (exact) mass is 362 g/mol. The number of pyridine rings is 2. The van der Waals surface area contributed by atoms with Gasteiger partial charge in [0.2, 0.25) is 0 Å². The number of hydrogen-bond acceptors (Lipinski definition) is 5.